The average molecular weight is 497 g/mol. The molecule has 3 heterocycles. The summed E-state index contributed by atoms with van der Waals surface area (Å²) >= 11 is 1.22. The third-order valence-electron chi connectivity index (χ3n) is 6.53. The summed E-state index contributed by atoms with van der Waals surface area (Å²) in [6.45, 7) is 4.10. The molecule has 1 saturated heterocycles. The number of β-amino-alcohol motifs (C(OH)–C–C–N with tert-alkyl or cyclic N) is 1. The van der Waals surface area contributed by atoms with Gasteiger partial charge in [0.15, 0.2) is 0 Å². The van der Waals surface area contributed by atoms with Crippen LogP contribution in [0.4, 0.5) is 11.5 Å². The first-order chi connectivity index (χ1) is 17.6. The van der Waals surface area contributed by atoms with Crippen LogP contribution >= 0.6 is 11.9 Å². The number of aliphatic hydroxyl groups is 1. The van der Waals surface area contributed by atoms with Gasteiger partial charge in [0.05, 0.1) is 11.6 Å². The van der Waals surface area contributed by atoms with E-state index < -0.39 is 0 Å². The maximum Gasteiger partial charge on any atom is 0.149 e. The minimum atomic E-state index is -0.319. The lowest BCUT2D eigenvalue weighted by atomic mass is 9.98. The van der Waals surface area contributed by atoms with Crippen molar-refractivity contribution in [3.05, 3.63) is 77.6 Å². The second-order valence-electron chi connectivity index (χ2n) is 9.10. The molecule has 1 atom stereocenters. The maximum absolute atomic E-state index is 10.0. The third kappa shape index (κ3) is 5.00. The Morgan fingerprint density at radius 3 is 2.83 bits per heavy atom. The highest BCUT2D eigenvalue weighted by molar-refractivity contribution is 7.97. The van der Waals surface area contributed by atoms with Crippen LogP contribution in [0.2, 0.25) is 0 Å². The molecule has 0 saturated carbocycles. The lowest BCUT2D eigenvalue weighted by Gasteiger charge is -2.31. The minimum absolute atomic E-state index is 0.319. The van der Waals surface area contributed by atoms with Crippen molar-refractivity contribution in [2.75, 3.05) is 23.3 Å². The number of benzene rings is 2. The van der Waals surface area contributed by atoms with Gasteiger partial charge in [-0.25, -0.2) is 9.97 Å². The van der Waals surface area contributed by atoms with Crippen molar-refractivity contribution in [2.24, 2.45) is 5.14 Å². The van der Waals surface area contributed by atoms with E-state index >= 15 is 0 Å². The number of hydrogen-bond donors (Lipinski definition) is 3. The zero-order valence-electron chi connectivity index (χ0n) is 20.1. The van der Waals surface area contributed by atoms with Gasteiger partial charge in [0.1, 0.15) is 17.6 Å². The molecule has 1 unspecified atom stereocenters. The van der Waals surface area contributed by atoms with Gasteiger partial charge in [0.2, 0.25) is 0 Å². The number of rotatable bonds is 6. The Balaban J connectivity index is 1.50. The van der Waals surface area contributed by atoms with E-state index in [0.29, 0.717) is 18.8 Å². The van der Waals surface area contributed by atoms with Crippen LogP contribution in [0.15, 0.2) is 65.7 Å². The summed E-state index contributed by atoms with van der Waals surface area (Å²) in [5.41, 5.74) is 5.91. The number of aliphatic hydroxyl groups excluding tert-OH is 1. The second-order valence-corrected chi connectivity index (χ2v) is 9.78. The molecule has 0 spiro atoms. The molecule has 7 nitrogen and oxygen atoms in total. The van der Waals surface area contributed by atoms with Gasteiger partial charge in [0, 0.05) is 52.9 Å². The van der Waals surface area contributed by atoms with Crippen LogP contribution in [0, 0.1) is 18.3 Å². The molecule has 0 aliphatic carbocycles. The molecule has 4 N–H and O–H groups in total. The van der Waals surface area contributed by atoms with E-state index in [1.54, 1.807) is 6.20 Å². The molecule has 0 bridgehead atoms. The lowest BCUT2D eigenvalue weighted by molar-refractivity contribution is 0.154. The number of aromatic nitrogens is 2. The summed E-state index contributed by atoms with van der Waals surface area (Å²) in [4.78, 5) is 12.5. The van der Waals surface area contributed by atoms with E-state index in [1.807, 2.05) is 55.5 Å². The summed E-state index contributed by atoms with van der Waals surface area (Å²) in [6.07, 6.45) is 3.25. The van der Waals surface area contributed by atoms with Gasteiger partial charge in [-0.3, -0.25) is 5.14 Å². The largest absolute Gasteiger partial charge is 0.391 e. The highest BCUT2D eigenvalue weighted by atomic mass is 32.2. The fourth-order valence-corrected chi connectivity index (χ4v) is 5.18. The summed E-state index contributed by atoms with van der Waals surface area (Å²) < 4.78 is 0. The fourth-order valence-electron chi connectivity index (χ4n) is 4.76. The summed E-state index contributed by atoms with van der Waals surface area (Å²) in [5, 5.41) is 30.2. The van der Waals surface area contributed by atoms with Gasteiger partial charge in [-0.1, -0.05) is 18.2 Å². The van der Waals surface area contributed by atoms with Crippen molar-refractivity contribution in [2.45, 2.75) is 37.3 Å². The van der Waals surface area contributed by atoms with Gasteiger partial charge in [0.25, 0.3) is 0 Å². The second kappa shape index (κ2) is 10.5. The molecule has 2 aromatic carbocycles. The number of para-hydroxylation sites is 1. The molecular formula is C28H28N6OS. The Bertz CT molecular complexity index is 1430. The van der Waals surface area contributed by atoms with Crippen LogP contribution in [-0.4, -0.2) is 34.3 Å². The van der Waals surface area contributed by atoms with E-state index in [0.717, 1.165) is 68.9 Å². The molecule has 5 rings (SSSR count). The van der Waals surface area contributed by atoms with Crippen LogP contribution in [0.3, 0.4) is 0 Å². The zero-order valence-corrected chi connectivity index (χ0v) is 20.9. The molecule has 2 aromatic heterocycles. The first-order valence-electron chi connectivity index (χ1n) is 12.0. The molecule has 0 radical (unpaired) electrons. The molecule has 1 fully saturated rings. The highest BCUT2D eigenvalue weighted by Crippen LogP contribution is 2.31. The fraction of sp³-hybridized carbons (Fsp3) is 0.250. The van der Waals surface area contributed by atoms with Crippen LogP contribution < -0.4 is 15.4 Å². The van der Waals surface area contributed by atoms with Crippen LogP contribution in [0.5, 0.6) is 0 Å². The van der Waals surface area contributed by atoms with Crippen molar-refractivity contribution in [1.29, 1.82) is 5.26 Å². The number of pyridine rings is 2. The number of fused-ring (bicyclic) bond motifs is 1. The minimum Gasteiger partial charge on any atom is -0.391 e. The van der Waals surface area contributed by atoms with Crippen LogP contribution in [0.1, 0.15) is 29.7 Å². The van der Waals surface area contributed by atoms with E-state index in [4.69, 9.17) is 10.1 Å². The standard InChI is InChI=1S/C28H28N6OS/c1-18-11-20(16-31-24-6-2-3-7-27(24)36-30)23-13-22(26(14-29)33-25(23)12-18)19-8-9-28(32-15-19)34-10-4-5-21(35)17-34/h2-3,6-9,11-13,15,21,31,35H,4-5,10,16-17,30H2,1H3. The van der Waals surface area contributed by atoms with Crippen molar-refractivity contribution in [3.8, 4) is 17.2 Å². The third-order valence-corrected chi connectivity index (χ3v) is 7.14. The van der Waals surface area contributed by atoms with Gasteiger partial charge < -0.3 is 15.3 Å². The number of nitriles is 1. The van der Waals surface area contributed by atoms with Crippen molar-refractivity contribution < 1.29 is 5.11 Å². The Labute approximate surface area is 215 Å². The van der Waals surface area contributed by atoms with Crippen LogP contribution in [-0.2, 0) is 6.54 Å². The quantitative estimate of drug-likeness (QED) is 0.319. The van der Waals surface area contributed by atoms with Crippen molar-refractivity contribution >= 4 is 34.4 Å². The normalized spacial score (nSPS) is 15.6. The monoisotopic (exact) mass is 496 g/mol. The van der Waals surface area contributed by atoms with E-state index in [9.17, 15) is 10.4 Å². The van der Waals surface area contributed by atoms with Gasteiger partial charge in [-0.15, -0.1) is 0 Å². The molecule has 0 amide bonds. The van der Waals surface area contributed by atoms with Crippen molar-refractivity contribution in [1.82, 2.24) is 9.97 Å². The number of nitrogens with two attached hydrogens (primary N) is 1. The van der Waals surface area contributed by atoms with Gasteiger partial charge in [-0.05, 0) is 79.2 Å². The first-order valence-corrected chi connectivity index (χ1v) is 12.9. The topological polar surface area (TPSA) is 111 Å². The molecule has 1 aliphatic heterocycles. The Hall–Kier alpha value is -3.64. The summed E-state index contributed by atoms with van der Waals surface area (Å²) in [7, 11) is 0. The summed E-state index contributed by atoms with van der Waals surface area (Å²) in [5.74, 6) is 0.835. The molecule has 36 heavy (non-hydrogen) atoms. The first kappa shape index (κ1) is 24.1. The zero-order chi connectivity index (χ0) is 25.1. The lowest BCUT2D eigenvalue weighted by Crippen LogP contribution is -2.38. The molecular weight excluding hydrogens is 468 g/mol. The van der Waals surface area contributed by atoms with Crippen molar-refractivity contribution in [3.63, 3.8) is 0 Å². The smallest absolute Gasteiger partial charge is 0.149 e. The molecule has 8 heteroatoms. The molecule has 182 valence electrons. The Kier molecular flexibility index (Phi) is 7.05. The number of nitrogens with one attached hydrogen (secondary N) is 1. The predicted molar refractivity (Wildman–Crippen MR) is 146 cm³/mol. The number of aryl methyl sites for hydroxylation is 1. The Morgan fingerprint density at radius 2 is 2.08 bits per heavy atom. The van der Waals surface area contributed by atoms with Gasteiger partial charge in [-0.2, -0.15) is 5.26 Å². The van der Waals surface area contributed by atoms with E-state index in [-0.39, 0.29) is 6.10 Å². The Morgan fingerprint density at radius 1 is 1.22 bits per heavy atom. The van der Waals surface area contributed by atoms with Crippen LogP contribution in [0.25, 0.3) is 22.0 Å². The molecule has 4 aromatic rings. The number of nitrogens with zero attached hydrogens (tertiary/aromatic N) is 4. The van der Waals surface area contributed by atoms with E-state index in [1.165, 1.54) is 11.9 Å². The number of piperidine rings is 1. The maximum atomic E-state index is 10.0. The number of anilines is 2. The molecule has 1 aliphatic rings. The average Bonchev–Trinajstić information content (AvgIpc) is 2.91. The van der Waals surface area contributed by atoms with Gasteiger partial charge >= 0.3 is 0 Å². The predicted octanol–water partition coefficient (Wildman–Crippen LogP) is 5.02. The highest BCUT2D eigenvalue weighted by Gasteiger charge is 2.19. The number of hydrogen-bond acceptors (Lipinski definition) is 8. The van der Waals surface area contributed by atoms with E-state index in [2.05, 4.69) is 27.3 Å². The SMILES string of the molecule is Cc1cc(CNc2ccccc2SN)c2cc(-c3ccc(N4CCCC(O)C4)nc3)c(C#N)nc2c1. The summed E-state index contributed by atoms with van der Waals surface area (Å²) in [6, 6.07) is 20.4.